The molecule has 2 aromatic carbocycles. The first-order valence-electron chi connectivity index (χ1n) is 8.59. The molecule has 0 saturated carbocycles. The van der Waals surface area contributed by atoms with Gasteiger partial charge >= 0.3 is 5.97 Å². The standard InChI is InChI=1S/C20H20F2N2O3S/c1-26-20(25)19(23)6-12-2-4-13(5-3-12)27-14-7-17(21)16(18(22)8-14)9-15-10-24-11-28-15/h2-5,7-9,19,24H,6,10-11,23H2,1H3. The molecule has 1 unspecified atom stereocenters. The summed E-state index contributed by atoms with van der Waals surface area (Å²) in [4.78, 5) is 12.3. The maximum atomic E-state index is 14.3. The van der Waals surface area contributed by atoms with Crippen LogP contribution >= 0.6 is 11.8 Å². The number of hydrogen-bond donors (Lipinski definition) is 2. The number of nitrogens with two attached hydrogens (primary N) is 1. The van der Waals surface area contributed by atoms with E-state index < -0.39 is 23.6 Å². The van der Waals surface area contributed by atoms with Gasteiger partial charge in [-0.25, -0.2) is 8.78 Å². The third-order valence-electron chi connectivity index (χ3n) is 4.14. The summed E-state index contributed by atoms with van der Waals surface area (Å²) >= 11 is 1.52. The van der Waals surface area contributed by atoms with Crippen LogP contribution in [0.3, 0.4) is 0 Å². The summed E-state index contributed by atoms with van der Waals surface area (Å²) in [6, 6.07) is 8.31. The molecule has 3 rings (SSSR count). The van der Waals surface area contributed by atoms with Gasteiger partial charge in [0.1, 0.15) is 29.2 Å². The van der Waals surface area contributed by atoms with Crippen molar-refractivity contribution in [3.8, 4) is 11.5 Å². The molecule has 5 nitrogen and oxygen atoms in total. The number of hydrogen-bond acceptors (Lipinski definition) is 6. The fourth-order valence-electron chi connectivity index (χ4n) is 2.70. The van der Waals surface area contributed by atoms with Crippen molar-refractivity contribution in [1.82, 2.24) is 5.32 Å². The first-order valence-corrected chi connectivity index (χ1v) is 9.58. The maximum Gasteiger partial charge on any atom is 0.322 e. The van der Waals surface area contributed by atoms with Crippen LogP contribution in [0.5, 0.6) is 11.5 Å². The molecule has 1 aliphatic heterocycles. The number of methoxy groups -OCH3 is 1. The minimum absolute atomic E-state index is 0.0633. The Hall–Kier alpha value is -2.42. The molecule has 148 valence electrons. The largest absolute Gasteiger partial charge is 0.468 e. The molecule has 1 heterocycles. The van der Waals surface area contributed by atoms with E-state index in [0.29, 0.717) is 18.7 Å². The highest BCUT2D eigenvalue weighted by Crippen LogP contribution is 2.29. The average molecular weight is 406 g/mol. The Labute approximate surface area is 165 Å². The van der Waals surface area contributed by atoms with Gasteiger partial charge in [0.25, 0.3) is 0 Å². The Kier molecular flexibility index (Phi) is 6.66. The molecule has 8 heteroatoms. The molecule has 0 spiro atoms. The number of rotatable bonds is 6. The molecular weight excluding hydrogens is 386 g/mol. The molecule has 1 aliphatic rings. The van der Waals surface area contributed by atoms with Crippen LogP contribution in [0, 0.1) is 11.6 Å². The van der Waals surface area contributed by atoms with Crippen molar-refractivity contribution in [3.05, 3.63) is 64.1 Å². The van der Waals surface area contributed by atoms with Gasteiger partial charge in [-0.2, -0.15) is 0 Å². The summed E-state index contributed by atoms with van der Waals surface area (Å²) < 4.78 is 38.8. The van der Waals surface area contributed by atoms with Gasteiger partial charge < -0.3 is 20.5 Å². The number of esters is 1. The van der Waals surface area contributed by atoms with Crippen LogP contribution in [-0.2, 0) is 16.0 Å². The van der Waals surface area contributed by atoms with Gasteiger partial charge in [-0.3, -0.25) is 4.79 Å². The van der Waals surface area contributed by atoms with E-state index in [1.165, 1.54) is 24.9 Å². The predicted molar refractivity (Wildman–Crippen MR) is 105 cm³/mol. The first-order chi connectivity index (χ1) is 13.5. The van der Waals surface area contributed by atoms with Crippen molar-refractivity contribution in [2.75, 3.05) is 19.5 Å². The van der Waals surface area contributed by atoms with Crippen LogP contribution in [0.4, 0.5) is 8.78 Å². The van der Waals surface area contributed by atoms with Gasteiger partial charge in [0.05, 0.1) is 7.11 Å². The highest BCUT2D eigenvalue weighted by atomic mass is 32.2. The highest BCUT2D eigenvalue weighted by Gasteiger charge is 2.15. The van der Waals surface area contributed by atoms with Crippen molar-refractivity contribution in [2.45, 2.75) is 12.5 Å². The quantitative estimate of drug-likeness (QED) is 0.716. The van der Waals surface area contributed by atoms with Crippen molar-refractivity contribution in [1.29, 1.82) is 0 Å². The van der Waals surface area contributed by atoms with Gasteiger partial charge in [-0.05, 0) is 30.2 Å². The smallest absolute Gasteiger partial charge is 0.322 e. The fraction of sp³-hybridized carbons (Fsp3) is 0.250. The molecule has 1 atom stereocenters. The van der Waals surface area contributed by atoms with Gasteiger partial charge in [-0.15, -0.1) is 11.8 Å². The SMILES string of the molecule is COC(=O)C(N)Cc1ccc(Oc2cc(F)c(C=C3CNCS3)c(F)c2)cc1. The topological polar surface area (TPSA) is 73.6 Å². The molecule has 2 aromatic rings. The zero-order valence-electron chi connectivity index (χ0n) is 15.2. The summed E-state index contributed by atoms with van der Waals surface area (Å²) in [5.41, 5.74) is 6.46. The molecule has 0 amide bonds. The van der Waals surface area contributed by atoms with Crippen LogP contribution in [-0.4, -0.2) is 31.5 Å². The van der Waals surface area contributed by atoms with E-state index in [0.717, 1.165) is 28.5 Å². The minimum Gasteiger partial charge on any atom is -0.468 e. The summed E-state index contributed by atoms with van der Waals surface area (Å²) in [5, 5.41) is 3.09. The Morgan fingerprint density at radius 2 is 1.93 bits per heavy atom. The van der Waals surface area contributed by atoms with Crippen molar-refractivity contribution >= 4 is 23.8 Å². The van der Waals surface area contributed by atoms with E-state index in [4.69, 9.17) is 10.5 Å². The van der Waals surface area contributed by atoms with Crippen LogP contribution < -0.4 is 15.8 Å². The summed E-state index contributed by atoms with van der Waals surface area (Å²) in [7, 11) is 1.28. The van der Waals surface area contributed by atoms with E-state index >= 15 is 0 Å². The summed E-state index contributed by atoms with van der Waals surface area (Å²) in [5.74, 6) is -0.653. The van der Waals surface area contributed by atoms with E-state index in [-0.39, 0.29) is 11.3 Å². The zero-order valence-corrected chi connectivity index (χ0v) is 16.0. The Morgan fingerprint density at radius 3 is 2.50 bits per heavy atom. The third-order valence-corrected chi connectivity index (χ3v) is 5.12. The maximum absolute atomic E-state index is 14.3. The van der Waals surface area contributed by atoms with Crippen molar-refractivity contribution < 1.29 is 23.0 Å². The summed E-state index contributed by atoms with van der Waals surface area (Å²) in [6.45, 7) is 0.605. The molecule has 1 saturated heterocycles. The van der Waals surface area contributed by atoms with E-state index in [1.54, 1.807) is 24.3 Å². The number of nitrogens with one attached hydrogen (secondary N) is 1. The number of ether oxygens (including phenoxy) is 2. The van der Waals surface area contributed by atoms with E-state index in [1.807, 2.05) is 0 Å². The molecule has 0 aliphatic carbocycles. The summed E-state index contributed by atoms with van der Waals surface area (Å²) in [6.07, 6.45) is 1.82. The Morgan fingerprint density at radius 1 is 1.25 bits per heavy atom. The monoisotopic (exact) mass is 406 g/mol. The van der Waals surface area contributed by atoms with Gasteiger partial charge in [0.2, 0.25) is 0 Å². The lowest BCUT2D eigenvalue weighted by atomic mass is 10.1. The Balaban J connectivity index is 1.70. The average Bonchev–Trinajstić information content (AvgIpc) is 3.19. The van der Waals surface area contributed by atoms with Crippen molar-refractivity contribution in [2.24, 2.45) is 5.73 Å². The minimum atomic E-state index is -0.755. The number of carbonyl (C=O) groups is 1. The number of carbonyl (C=O) groups excluding carboxylic acids is 1. The lowest BCUT2D eigenvalue weighted by molar-refractivity contribution is -0.142. The highest BCUT2D eigenvalue weighted by molar-refractivity contribution is 8.03. The molecule has 0 bridgehead atoms. The van der Waals surface area contributed by atoms with Crippen LogP contribution in [0.2, 0.25) is 0 Å². The lowest BCUT2D eigenvalue weighted by Gasteiger charge is -2.11. The second-order valence-electron chi connectivity index (χ2n) is 6.21. The van der Waals surface area contributed by atoms with Crippen molar-refractivity contribution in [3.63, 3.8) is 0 Å². The second kappa shape index (κ2) is 9.18. The second-order valence-corrected chi connectivity index (χ2v) is 7.31. The number of benzene rings is 2. The molecule has 0 aromatic heterocycles. The molecule has 0 radical (unpaired) electrons. The van der Waals surface area contributed by atoms with Crippen LogP contribution in [0.1, 0.15) is 11.1 Å². The molecule has 1 fully saturated rings. The van der Waals surface area contributed by atoms with Gasteiger partial charge in [-0.1, -0.05) is 12.1 Å². The molecular formula is C20H20F2N2O3S. The molecule has 28 heavy (non-hydrogen) atoms. The van der Waals surface area contributed by atoms with Crippen LogP contribution in [0.15, 0.2) is 41.3 Å². The molecule has 3 N–H and O–H groups in total. The Bertz CT molecular complexity index is 857. The fourth-order valence-corrected chi connectivity index (χ4v) is 3.49. The zero-order chi connectivity index (χ0) is 20.1. The van der Waals surface area contributed by atoms with Crippen LogP contribution in [0.25, 0.3) is 6.08 Å². The normalized spacial score (nSPS) is 16.2. The first kappa shape index (κ1) is 20.3. The number of halogens is 2. The van der Waals surface area contributed by atoms with Gasteiger partial charge in [0.15, 0.2) is 0 Å². The lowest BCUT2D eigenvalue weighted by Crippen LogP contribution is -2.33. The van der Waals surface area contributed by atoms with E-state index in [2.05, 4.69) is 10.1 Å². The number of thioether (sulfide) groups is 1. The third kappa shape index (κ3) is 5.09. The predicted octanol–water partition coefficient (Wildman–Crippen LogP) is 3.43. The van der Waals surface area contributed by atoms with E-state index in [9.17, 15) is 13.6 Å². The van der Waals surface area contributed by atoms with Gasteiger partial charge in [0, 0.05) is 35.0 Å².